The molecule has 0 spiro atoms. The Labute approximate surface area is 147 Å². The second-order valence-corrected chi connectivity index (χ2v) is 7.32. The van der Waals surface area contributed by atoms with E-state index < -0.39 is 5.60 Å². The summed E-state index contributed by atoms with van der Waals surface area (Å²) in [5, 5.41) is 3.10. The maximum absolute atomic E-state index is 12.1. The van der Waals surface area contributed by atoms with Crippen LogP contribution in [-0.2, 0) is 4.74 Å². The molecule has 0 bridgehead atoms. The van der Waals surface area contributed by atoms with Crippen molar-refractivity contribution >= 4 is 23.6 Å². The second kappa shape index (κ2) is 7.83. The van der Waals surface area contributed by atoms with Crippen molar-refractivity contribution in [2.24, 2.45) is 5.92 Å². The molecule has 0 aromatic carbocycles. The number of hydrogen-bond acceptors (Lipinski definition) is 4. The maximum atomic E-state index is 12.1. The molecule has 24 heavy (non-hydrogen) atoms. The molecule has 7 heteroatoms. The summed E-state index contributed by atoms with van der Waals surface area (Å²) in [4.78, 5) is 29.8. The standard InChI is InChI=1S/C17H24ClN3O3/c1-17(2,3)24-16(23)21-9-6-12(7-10-21)11-20-15(22)13-5-4-8-19-14(13)18/h4-5,8,12H,6-7,9-11H2,1-3H3,(H,20,22). The molecule has 0 saturated carbocycles. The lowest BCUT2D eigenvalue weighted by molar-refractivity contribution is 0.0183. The number of piperidine rings is 1. The number of carbonyl (C=O) groups is 2. The number of nitrogens with zero attached hydrogens (tertiary/aromatic N) is 2. The van der Waals surface area contributed by atoms with E-state index in [-0.39, 0.29) is 17.2 Å². The normalized spacial score (nSPS) is 15.9. The minimum absolute atomic E-state index is 0.203. The van der Waals surface area contributed by atoms with Crippen molar-refractivity contribution in [3.05, 3.63) is 29.0 Å². The van der Waals surface area contributed by atoms with Crippen LogP contribution in [0.15, 0.2) is 18.3 Å². The molecule has 0 atom stereocenters. The van der Waals surface area contributed by atoms with Crippen LogP contribution in [0.25, 0.3) is 0 Å². The van der Waals surface area contributed by atoms with Gasteiger partial charge >= 0.3 is 6.09 Å². The Kier molecular flexibility index (Phi) is 6.04. The highest BCUT2D eigenvalue weighted by molar-refractivity contribution is 6.32. The molecule has 0 aliphatic carbocycles. The summed E-state index contributed by atoms with van der Waals surface area (Å²) in [6.07, 6.45) is 2.94. The highest BCUT2D eigenvalue weighted by Crippen LogP contribution is 2.19. The fraction of sp³-hybridized carbons (Fsp3) is 0.588. The van der Waals surface area contributed by atoms with Gasteiger partial charge in [-0.05, 0) is 51.7 Å². The van der Waals surface area contributed by atoms with Crippen LogP contribution in [0, 0.1) is 5.92 Å². The summed E-state index contributed by atoms with van der Waals surface area (Å²) < 4.78 is 5.38. The summed E-state index contributed by atoms with van der Waals surface area (Å²) in [6, 6.07) is 3.33. The van der Waals surface area contributed by atoms with Crippen LogP contribution in [0.2, 0.25) is 5.15 Å². The highest BCUT2D eigenvalue weighted by Gasteiger charge is 2.27. The summed E-state index contributed by atoms with van der Waals surface area (Å²) in [6.45, 7) is 7.42. The summed E-state index contributed by atoms with van der Waals surface area (Å²) in [5.41, 5.74) is -0.101. The molecule has 1 fully saturated rings. The summed E-state index contributed by atoms with van der Waals surface area (Å²) in [5.74, 6) is 0.116. The number of carbonyl (C=O) groups excluding carboxylic acids is 2. The number of nitrogens with one attached hydrogen (secondary N) is 1. The molecule has 1 aromatic rings. The second-order valence-electron chi connectivity index (χ2n) is 6.96. The van der Waals surface area contributed by atoms with Gasteiger partial charge in [-0.1, -0.05) is 11.6 Å². The topological polar surface area (TPSA) is 71.5 Å². The van der Waals surface area contributed by atoms with Gasteiger partial charge in [0.1, 0.15) is 10.8 Å². The first-order chi connectivity index (χ1) is 11.3. The van der Waals surface area contributed by atoms with Crippen LogP contribution < -0.4 is 5.32 Å². The van der Waals surface area contributed by atoms with Crippen LogP contribution in [0.3, 0.4) is 0 Å². The molecule has 2 heterocycles. The molecule has 0 radical (unpaired) electrons. The first-order valence-electron chi connectivity index (χ1n) is 8.13. The molecular weight excluding hydrogens is 330 g/mol. The van der Waals surface area contributed by atoms with Crippen LogP contribution >= 0.6 is 11.6 Å². The third-order valence-electron chi connectivity index (χ3n) is 3.82. The van der Waals surface area contributed by atoms with Crippen LogP contribution in [0.5, 0.6) is 0 Å². The van der Waals surface area contributed by atoms with Gasteiger partial charge in [-0.15, -0.1) is 0 Å². The van der Waals surface area contributed by atoms with Crippen molar-refractivity contribution in [3.63, 3.8) is 0 Å². The number of ether oxygens (including phenoxy) is 1. The lowest BCUT2D eigenvalue weighted by Gasteiger charge is -2.33. The van der Waals surface area contributed by atoms with E-state index >= 15 is 0 Å². The maximum Gasteiger partial charge on any atom is 0.410 e. The number of pyridine rings is 1. The lowest BCUT2D eigenvalue weighted by Crippen LogP contribution is -2.43. The number of aromatic nitrogens is 1. The monoisotopic (exact) mass is 353 g/mol. The molecule has 2 rings (SSSR count). The Balaban J connectivity index is 1.76. The highest BCUT2D eigenvalue weighted by atomic mass is 35.5. The average Bonchev–Trinajstić information content (AvgIpc) is 2.52. The molecule has 6 nitrogen and oxygen atoms in total. The summed E-state index contributed by atoms with van der Waals surface area (Å²) >= 11 is 5.92. The number of hydrogen-bond donors (Lipinski definition) is 1. The van der Waals surface area contributed by atoms with Crippen LogP contribution in [0.4, 0.5) is 4.79 Å². The average molecular weight is 354 g/mol. The number of halogens is 1. The van der Waals surface area contributed by atoms with Crippen LogP contribution in [0.1, 0.15) is 44.0 Å². The Hall–Kier alpha value is -1.82. The van der Waals surface area contributed by atoms with Crippen molar-refractivity contribution in [2.75, 3.05) is 19.6 Å². The molecule has 0 unspecified atom stereocenters. The van der Waals surface area contributed by atoms with Gasteiger partial charge in [0.15, 0.2) is 0 Å². The molecule has 1 saturated heterocycles. The van der Waals surface area contributed by atoms with Crippen molar-refractivity contribution < 1.29 is 14.3 Å². The van der Waals surface area contributed by atoms with E-state index in [9.17, 15) is 9.59 Å². The minimum atomic E-state index is -0.481. The first-order valence-corrected chi connectivity index (χ1v) is 8.50. The Bertz CT molecular complexity index is 593. The van der Waals surface area contributed by atoms with Crippen LogP contribution in [-0.4, -0.2) is 47.1 Å². The summed E-state index contributed by atoms with van der Waals surface area (Å²) in [7, 11) is 0. The van der Waals surface area contributed by atoms with E-state index in [0.717, 1.165) is 12.8 Å². The predicted molar refractivity (Wildman–Crippen MR) is 92.1 cm³/mol. The number of rotatable bonds is 3. The van der Waals surface area contributed by atoms with Gasteiger partial charge in [0.25, 0.3) is 5.91 Å². The van der Waals surface area contributed by atoms with Crippen molar-refractivity contribution in [2.45, 2.75) is 39.2 Å². The molecule has 2 amide bonds. The van der Waals surface area contributed by atoms with Gasteiger partial charge in [0.05, 0.1) is 5.56 Å². The zero-order valence-corrected chi connectivity index (χ0v) is 15.1. The van der Waals surface area contributed by atoms with Gasteiger partial charge in [-0.2, -0.15) is 0 Å². The SMILES string of the molecule is CC(C)(C)OC(=O)N1CCC(CNC(=O)c2cccnc2Cl)CC1. The molecule has 1 aliphatic heterocycles. The van der Waals surface area contributed by atoms with Gasteiger partial charge < -0.3 is 15.0 Å². The molecule has 1 aromatic heterocycles. The molecule has 132 valence electrons. The fourth-order valence-corrected chi connectivity index (χ4v) is 2.74. The predicted octanol–water partition coefficient (Wildman–Crippen LogP) is 3.11. The van der Waals surface area contributed by atoms with E-state index in [1.165, 1.54) is 0 Å². The van der Waals surface area contributed by atoms with E-state index in [1.807, 2.05) is 20.8 Å². The zero-order valence-electron chi connectivity index (χ0n) is 14.3. The third kappa shape index (κ3) is 5.37. The van der Waals surface area contributed by atoms with Gasteiger partial charge in [-0.25, -0.2) is 9.78 Å². The molecular formula is C17H24ClN3O3. The molecule has 1 aliphatic rings. The van der Waals surface area contributed by atoms with Gasteiger partial charge in [-0.3, -0.25) is 4.79 Å². The molecule has 1 N–H and O–H groups in total. The Morgan fingerprint density at radius 2 is 2.04 bits per heavy atom. The fourth-order valence-electron chi connectivity index (χ4n) is 2.53. The van der Waals surface area contributed by atoms with E-state index in [1.54, 1.807) is 23.2 Å². The third-order valence-corrected chi connectivity index (χ3v) is 4.12. The largest absolute Gasteiger partial charge is 0.444 e. The van der Waals surface area contributed by atoms with Gasteiger partial charge in [0.2, 0.25) is 0 Å². The Morgan fingerprint density at radius 3 is 2.62 bits per heavy atom. The zero-order chi connectivity index (χ0) is 17.7. The minimum Gasteiger partial charge on any atom is -0.444 e. The first kappa shape index (κ1) is 18.5. The Morgan fingerprint density at radius 1 is 1.38 bits per heavy atom. The van der Waals surface area contributed by atoms with E-state index in [0.29, 0.717) is 31.1 Å². The van der Waals surface area contributed by atoms with Gasteiger partial charge in [0, 0.05) is 25.8 Å². The van der Waals surface area contributed by atoms with Crippen molar-refractivity contribution in [1.82, 2.24) is 15.2 Å². The number of amides is 2. The number of likely N-dealkylation sites (tertiary alicyclic amines) is 1. The van der Waals surface area contributed by atoms with E-state index in [4.69, 9.17) is 16.3 Å². The smallest absolute Gasteiger partial charge is 0.410 e. The quantitative estimate of drug-likeness (QED) is 0.847. The van der Waals surface area contributed by atoms with Crippen molar-refractivity contribution in [3.8, 4) is 0 Å². The lowest BCUT2D eigenvalue weighted by atomic mass is 9.97. The van der Waals surface area contributed by atoms with Crippen molar-refractivity contribution in [1.29, 1.82) is 0 Å². The van der Waals surface area contributed by atoms with E-state index in [2.05, 4.69) is 10.3 Å².